The van der Waals surface area contributed by atoms with Gasteiger partial charge in [0, 0.05) is 45.0 Å². The van der Waals surface area contributed by atoms with Gasteiger partial charge in [-0.25, -0.2) is 0 Å². The van der Waals surface area contributed by atoms with Crippen LogP contribution >= 0.6 is 11.8 Å². The molecule has 2 aliphatic heterocycles. The number of fused-ring (bicyclic) bond motifs is 13. The fourth-order valence-corrected chi connectivity index (χ4v) is 11.0. The predicted octanol–water partition coefficient (Wildman–Crippen LogP) is 14.6. The normalized spacial score (nSPS) is 17.0. The van der Waals surface area contributed by atoms with Crippen LogP contribution in [0.3, 0.4) is 0 Å². The second-order valence-electron chi connectivity index (χ2n) is 16.8. The molecule has 0 radical (unpaired) electrons. The van der Waals surface area contributed by atoms with Crippen molar-refractivity contribution in [3.8, 4) is 0 Å². The maximum Gasteiger partial charge on any atom is 0.218 e. The van der Waals surface area contributed by atoms with Crippen molar-refractivity contribution in [3.05, 3.63) is 198 Å². The van der Waals surface area contributed by atoms with Crippen LogP contribution in [0.2, 0.25) is 0 Å². The quantitative estimate of drug-likeness (QED) is 0.0719. The highest BCUT2D eigenvalue weighted by molar-refractivity contribution is 8.03. The molecule has 0 N–H and O–H groups in total. The van der Waals surface area contributed by atoms with Crippen LogP contribution in [0.5, 0.6) is 0 Å². The van der Waals surface area contributed by atoms with E-state index in [1.54, 1.807) is 0 Å². The van der Waals surface area contributed by atoms with Crippen LogP contribution in [-0.2, 0) is 10.8 Å². The molecular formula is C55H47N2S+. The Morgan fingerprint density at radius 3 is 1.78 bits per heavy atom. The lowest BCUT2D eigenvalue weighted by atomic mass is 9.78. The smallest absolute Gasteiger partial charge is 0.218 e. The zero-order chi connectivity index (χ0) is 39.8. The Kier molecular flexibility index (Phi) is 8.58. The van der Waals surface area contributed by atoms with Gasteiger partial charge >= 0.3 is 0 Å². The Labute approximate surface area is 345 Å². The molecule has 3 heteroatoms. The number of likely N-dealkylation sites (N-methyl/N-ethyl adjacent to an activating group) is 1. The highest BCUT2D eigenvalue weighted by atomic mass is 32.2. The average Bonchev–Trinajstić information content (AvgIpc) is 3.57. The zero-order valence-corrected chi connectivity index (χ0v) is 34.9. The number of hydrogen-bond donors (Lipinski definition) is 0. The lowest BCUT2D eigenvalue weighted by Gasteiger charge is -2.24. The minimum absolute atomic E-state index is 0.189. The molecular weight excluding hydrogens is 721 g/mol. The summed E-state index contributed by atoms with van der Waals surface area (Å²) in [4.78, 5) is 4.81. The molecule has 58 heavy (non-hydrogen) atoms. The number of nitrogens with zero attached hydrogens (tertiary/aromatic N) is 2. The van der Waals surface area contributed by atoms with Crippen LogP contribution in [-0.4, -0.2) is 24.4 Å². The molecule has 2 heterocycles. The minimum atomic E-state index is -0.189. The van der Waals surface area contributed by atoms with Gasteiger partial charge < -0.3 is 4.90 Å². The second kappa shape index (κ2) is 13.7. The molecule has 0 saturated heterocycles. The summed E-state index contributed by atoms with van der Waals surface area (Å²) in [5.74, 6) is 0. The standard InChI is InChI=1S/C55H47N2S/c1-54(2)48(56(5)52-46-29-15-11-25-42(46)40-23-9-13-27-44(40)50(52)54)31-17-21-38(58-39-34-33-36-19-7-8-20-37(36)35-39)22-18-32-49-55(3,4)51-45-28-14-10-24-41(45)43-26-12-16-30-47(43)53(51)57(49)6/h7-35H,1-6H3/q+1. The fraction of sp³-hybridized carbons (Fsp3) is 0.145. The maximum absolute atomic E-state index is 2.42. The van der Waals surface area contributed by atoms with Crippen molar-refractivity contribution >= 4 is 82.7 Å². The zero-order valence-electron chi connectivity index (χ0n) is 34.0. The summed E-state index contributed by atoms with van der Waals surface area (Å²) in [6.45, 7) is 9.50. The molecule has 2 nitrogen and oxygen atoms in total. The third-order valence-electron chi connectivity index (χ3n) is 12.7. The van der Waals surface area contributed by atoms with Crippen LogP contribution in [0.15, 0.2) is 191 Å². The maximum atomic E-state index is 2.42. The molecule has 8 aromatic carbocycles. The molecule has 2 aliphatic rings. The molecule has 0 atom stereocenters. The Hall–Kier alpha value is -6.16. The van der Waals surface area contributed by atoms with Gasteiger partial charge in [-0.1, -0.05) is 159 Å². The first-order valence-corrected chi connectivity index (χ1v) is 21.1. The average molecular weight is 768 g/mol. The van der Waals surface area contributed by atoms with E-state index in [9.17, 15) is 0 Å². The van der Waals surface area contributed by atoms with Crippen molar-refractivity contribution in [1.29, 1.82) is 0 Å². The lowest BCUT2D eigenvalue weighted by Crippen LogP contribution is -2.26. The number of hydrogen-bond acceptors (Lipinski definition) is 2. The van der Waals surface area contributed by atoms with Gasteiger partial charge in [-0.2, -0.15) is 4.58 Å². The molecule has 282 valence electrons. The second-order valence-corrected chi connectivity index (χ2v) is 18.0. The van der Waals surface area contributed by atoms with E-state index in [-0.39, 0.29) is 10.8 Å². The van der Waals surface area contributed by atoms with E-state index in [1.165, 1.54) is 97.6 Å². The van der Waals surface area contributed by atoms with Gasteiger partial charge in [-0.15, -0.1) is 0 Å². The van der Waals surface area contributed by atoms with Crippen LogP contribution in [0.1, 0.15) is 38.8 Å². The summed E-state index contributed by atoms with van der Waals surface area (Å²) in [6.07, 6.45) is 13.7. The highest BCUT2D eigenvalue weighted by Crippen LogP contribution is 2.54. The van der Waals surface area contributed by atoms with E-state index >= 15 is 0 Å². The molecule has 0 spiro atoms. The first kappa shape index (κ1) is 36.2. The first-order valence-electron chi connectivity index (χ1n) is 20.3. The van der Waals surface area contributed by atoms with Crippen molar-refractivity contribution < 1.29 is 4.58 Å². The van der Waals surface area contributed by atoms with Gasteiger partial charge in [0.05, 0.1) is 16.5 Å². The first-order chi connectivity index (χ1) is 28.1. The molecule has 0 unspecified atom stereocenters. The van der Waals surface area contributed by atoms with Crippen molar-refractivity contribution in [3.63, 3.8) is 0 Å². The Bertz CT molecular complexity index is 3170. The van der Waals surface area contributed by atoms with E-state index in [4.69, 9.17) is 0 Å². The highest BCUT2D eigenvalue weighted by Gasteiger charge is 2.45. The van der Waals surface area contributed by atoms with E-state index in [0.29, 0.717) is 0 Å². The molecule has 10 rings (SSSR count). The van der Waals surface area contributed by atoms with Crippen LogP contribution in [0, 0.1) is 0 Å². The summed E-state index contributed by atoms with van der Waals surface area (Å²) < 4.78 is 2.42. The molecule has 0 aliphatic carbocycles. The molecule has 0 amide bonds. The minimum Gasteiger partial charge on any atom is -0.347 e. The summed E-state index contributed by atoms with van der Waals surface area (Å²) in [5, 5.41) is 13.0. The summed E-state index contributed by atoms with van der Waals surface area (Å²) >= 11 is 1.81. The largest absolute Gasteiger partial charge is 0.347 e. The van der Waals surface area contributed by atoms with Gasteiger partial charge in [0.15, 0.2) is 5.71 Å². The van der Waals surface area contributed by atoms with E-state index in [1.807, 2.05) is 11.8 Å². The Morgan fingerprint density at radius 2 is 1.10 bits per heavy atom. The van der Waals surface area contributed by atoms with Gasteiger partial charge in [-0.05, 0) is 98.9 Å². The van der Waals surface area contributed by atoms with Gasteiger partial charge in [0.1, 0.15) is 7.05 Å². The van der Waals surface area contributed by atoms with Crippen LogP contribution < -0.4 is 4.90 Å². The monoisotopic (exact) mass is 767 g/mol. The predicted molar refractivity (Wildman–Crippen MR) is 252 cm³/mol. The lowest BCUT2D eigenvalue weighted by molar-refractivity contribution is -0.399. The molecule has 0 saturated carbocycles. The van der Waals surface area contributed by atoms with E-state index in [2.05, 4.69) is 227 Å². The third kappa shape index (κ3) is 5.59. The summed E-state index contributed by atoms with van der Waals surface area (Å²) in [5.41, 5.74) is 7.61. The van der Waals surface area contributed by atoms with Gasteiger partial charge in [0.2, 0.25) is 5.69 Å². The fourth-order valence-electron chi connectivity index (χ4n) is 10.1. The number of rotatable bonds is 6. The molecule has 0 aromatic heterocycles. The Balaban J connectivity index is 1.06. The summed E-state index contributed by atoms with van der Waals surface area (Å²) in [6, 6.07) is 50.9. The van der Waals surface area contributed by atoms with Crippen molar-refractivity contribution in [2.75, 3.05) is 19.0 Å². The third-order valence-corrected chi connectivity index (χ3v) is 13.7. The van der Waals surface area contributed by atoms with Crippen LogP contribution in [0.4, 0.5) is 11.4 Å². The van der Waals surface area contributed by atoms with Gasteiger partial charge in [-0.3, -0.25) is 0 Å². The van der Waals surface area contributed by atoms with Crippen molar-refractivity contribution in [2.45, 2.75) is 43.4 Å². The number of benzene rings is 8. The van der Waals surface area contributed by atoms with Crippen molar-refractivity contribution in [1.82, 2.24) is 0 Å². The summed E-state index contributed by atoms with van der Waals surface area (Å²) in [7, 11) is 4.47. The Morgan fingerprint density at radius 1 is 0.569 bits per heavy atom. The number of anilines is 1. The topological polar surface area (TPSA) is 6.25 Å². The van der Waals surface area contributed by atoms with E-state index < -0.39 is 0 Å². The number of thioether (sulfide) groups is 1. The van der Waals surface area contributed by atoms with Crippen LogP contribution in [0.25, 0.3) is 53.9 Å². The molecule has 0 fully saturated rings. The van der Waals surface area contributed by atoms with Gasteiger partial charge in [0.25, 0.3) is 0 Å². The molecule has 0 bridgehead atoms. The molecule has 8 aromatic rings. The SMILES string of the molecule is CN1/C(=C/C=C/C(=C/C=C/C2=[N+](C)c3c(c4ccccc4c4ccccc34)C2(C)C)Sc2ccc3ccccc3c2)C(C)(C)c2c1c1ccccc1c1ccccc21. The van der Waals surface area contributed by atoms with Crippen molar-refractivity contribution in [2.24, 2.45) is 0 Å². The number of allylic oxidation sites excluding steroid dienone is 7. The van der Waals surface area contributed by atoms with E-state index in [0.717, 1.165) is 0 Å².